The Balaban J connectivity index is 2.03. The van der Waals surface area contributed by atoms with Crippen LogP contribution in [0.5, 0.6) is 0 Å². The molecule has 1 aliphatic rings. The summed E-state index contributed by atoms with van der Waals surface area (Å²) in [5.74, 6) is 1.23. The van der Waals surface area contributed by atoms with Gasteiger partial charge in [-0.1, -0.05) is 38.3 Å². The topological polar surface area (TPSA) is 12.0 Å². The Morgan fingerprint density at radius 2 is 2.15 bits per heavy atom. The summed E-state index contributed by atoms with van der Waals surface area (Å²) in [6.07, 6.45) is 6.21. The van der Waals surface area contributed by atoms with Crippen molar-refractivity contribution in [3.05, 3.63) is 27.4 Å². The molecule has 20 heavy (non-hydrogen) atoms. The molecule has 1 fully saturated rings. The normalized spacial score (nSPS) is 23.1. The number of benzene rings is 1. The molecule has 2 atom stereocenters. The van der Waals surface area contributed by atoms with E-state index >= 15 is 0 Å². The van der Waals surface area contributed by atoms with Crippen LogP contribution in [0, 0.1) is 17.7 Å². The van der Waals surface area contributed by atoms with Gasteiger partial charge in [0, 0.05) is 10.5 Å². The van der Waals surface area contributed by atoms with E-state index in [0.717, 1.165) is 23.9 Å². The molecule has 112 valence electrons. The molecule has 2 unspecified atom stereocenters. The third-order valence-electron chi connectivity index (χ3n) is 3.94. The minimum atomic E-state index is -0.311. The number of halogens is 3. The van der Waals surface area contributed by atoms with Crippen LogP contribution < -0.4 is 5.32 Å². The summed E-state index contributed by atoms with van der Waals surface area (Å²) in [7, 11) is 0. The van der Waals surface area contributed by atoms with Crippen LogP contribution in [0.3, 0.4) is 0 Å². The highest BCUT2D eigenvalue weighted by molar-refractivity contribution is 9.10. The number of anilines is 1. The van der Waals surface area contributed by atoms with E-state index in [0.29, 0.717) is 15.5 Å². The van der Waals surface area contributed by atoms with E-state index in [9.17, 15) is 4.39 Å². The maximum atomic E-state index is 13.3. The molecule has 0 aliphatic heterocycles. The molecule has 1 saturated carbocycles. The fourth-order valence-electron chi connectivity index (χ4n) is 3.19. The molecule has 2 rings (SSSR count). The largest absolute Gasteiger partial charge is 0.380 e. The highest BCUT2D eigenvalue weighted by atomic mass is 79.9. The van der Waals surface area contributed by atoms with E-state index < -0.39 is 0 Å². The molecule has 0 amide bonds. The standard InChI is InChI=1S/C16H22BrClFN/c1-10(2)6-11-4-3-5-13(7-11)20-16-14(17)8-12(19)9-15(16)18/h8-11,13,20H,3-7H2,1-2H3. The Kier molecular flexibility index (Phi) is 5.74. The second-order valence-corrected chi connectivity index (χ2v) is 7.51. The molecular formula is C16H22BrClFN. The Labute approximate surface area is 134 Å². The van der Waals surface area contributed by atoms with Crippen LogP contribution in [0.25, 0.3) is 0 Å². The van der Waals surface area contributed by atoms with E-state index in [4.69, 9.17) is 11.6 Å². The summed E-state index contributed by atoms with van der Waals surface area (Å²) in [4.78, 5) is 0. The molecular weight excluding hydrogens is 341 g/mol. The summed E-state index contributed by atoms with van der Waals surface area (Å²) >= 11 is 9.54. The minimum absolute atomic E-state index is 0.311. The number of hydrogen-bond acceptors (Lipinski definition) is 1. The number of rotatable bonds is 4. The molecule has 0 aromatic heterocycles. The van der Waals surface area contributed by atoms with Gasteiger partial charge in [0.15, 0.2) is 0 Å². The van der Waals surface area contributed by atoms with Gasteiger partial charge in [-0.05, 0) is 59.2 Å². The molecule has 0 spiro atoms. The minimum Gasteiger partial charge on any atom is -0.380 e. The van der Waals surface area contributed by atoms with Crippen LogP contribution in [-0.4, -0.2) is 6.04 Å². The van der Waals surface area contributed by atoms with Gasteiger partial charge in [-0.3, -0.25) is 0 Å². The Morgan fingerprint density at radius 1 is 1.40 bits per heavy atom. The molecule has 0 bridgehead atoms. The zero-order valence-corrected chi connectivity index (χ0v) is 14.4. The van der Waals surface area contributed by atoms with Crippen LogP contribution >= 0.6 is 27.5 Å². The van der Waals surface area contributed by atoms with Crippen LogP contribution in [-0.2, 0) is 0 Å². The second kappa shape index (κ2) is 7.13. The van der Waals surface area contributed by atoms with Crippen molar-refractivity contribution in [2.45, 2.75) is 52.0 Å². The summed E-state index contributed by atoms with van der Waals surface area (Å²) in [5.41, 5.74) is 0.822. The Morgan fingerprint density at radius 3 is 2.80 bits per heavy atom. The van der Waals surface area contributed by atoms with Crippen LogP contribution in [0.15, 0.2) is 16.6 Å². The van der Waals surface area contributed by atoms with Gasteiger partial charge in [-0.15, -0.1) is 0 Å². The SMILES string of the molecule is CC(C)CC1CCCC(Nc2c(Cl)cc(F)cc2Br)C1. The lowest BCUT2D eigenvalue weighted by atomic mass is 9.81. The summed E-state index contributed by atoms with van der Waals surface area (Å²) in [6, 6.07) is 3.26. The van der Waals surface area contributed by atoms with Crippen molar-refractivity contribution in [1.29, 1.82) is 0 Å². The zero-order valence-electron chi connectivity index (χ0n) is 12.1. The average molecular weight is 363 g/mol. The van der Waals surface area contributed by atoms with Gasteiger partial charge in [0.2, 0.25) is 0 Å². The van der Waals surface area contributed by atoms with Crippen molar-refractivity contribution in [2.75, 3.05) is 5.32 Å². The van der Waals surface area contributed by atoms with Gasteiger partial charge in [0.25, 0.3) is 0 Å². The molecule has 0 heterocycles. The van der Waals surface area contributed by atoms with Crippen molar-refractivity contribution < 1.29 is 4.39 Å². The van der Waals surface area contributed by atoms with Crippen molar-refractivity contribution in [2.24, 2.45) is 11.8 Å². The van der Waals surface area contributed by atoms with Crippen molar-refractivity contribution in [1.82, 2.24) is 0 Å². The van der Waals surface area contributed by atoms with Gasteiger partial charge < -0.3 is 5.32 Å². The van der Waals surface area contributed by atoms with Crippen LogP contribution in [0.1, 0.15) is 46.0 Å². The number of hydrogen-bond donors (Lipinski definition) is 1. The van der Waals surface area contributed by atoms with E-state index in [1.54, 1.807) is 0 Å². The monoisotopic (exact) mass is 361 g/mol. The van der Waals surface area contributed by atoms with Gasteiger partial charge in [-0.25, -0.2) is 4.39 Å². The quantitative estimate of drug-likeness (QED) is 0.666. The smallest absolute Gasteiger partial charge is 0.125 e. The summed E-state index contributed by atoms with van der Waals surface area (Å²) < 4.78 is 14.0. The first-order chi connectivity index (χ1) is 9.45. The Bertz CT molecular complexity index is 441. The van der Waals surface area contributed by atoms with Gasteiger partial charge in [0.05, 0.1) is 10.7 Å². The molecule has 1 aliphatic carbocycles. The first-order valence-electron chi connectivity index (χ1n) is 7.36. The lowest BCUT2D eigenvalue weighted by Gasteiger charge is -2.32. The van der Waals surface area contributed by atoms with E-state index in [1.807, 2.05) is 0 Å². The van der Waals surface area contributed by atoms with Crippen LogP contribution in [0.2, 0.25) is 5.02 Å². The predicted octanol–water partition coefficient (Wildman–Crippen LogP) is 6.26. The highest BCUT2D eigenvalue weighted by Crippen LogP contribution is 2.36. The molecule has 1 N–H and O–H groups in total. The lowest BCUT2D eigenvalue weighted by Crippen LogP contribution is -2.28. The van der Waals surface area contributed by atoms with E-state index in [2.05, 4.69) is 35.1 Å². The van der Waals surface area contributed by atoms with Crippen LogP contribution in [0.4, 0.5) is 10.1 Å². The third kappa shape index (κ3) is 4.36. The number of nitrogens with one attached hydrogen (secondary N) is 1. The van der Waals surface area contributed by atoms with Crippen molar-refractivity contribution in [3.63, 3.8) is 0 Å². The van der Waals surface area contributed by atoms with E-state index in [-0.39, 0.29) is 5.82 Å². The molecule has 1 aromatic carbocycles. The first kappa shape index (κ1) is 16.1. The molecule has 4 heteroatoms. The molecule has 1 aromatic rings. The fourth-order valence-corrected chi connectivity index (χ4v) is 4.11. The summed E-state index contributed by atoms with van der Waals surface area (Å²) in [6.45, 7) is 4.56. The van der Waals surface area contributed by atoms with Gasteiger partial charge in [-0.2, -0.15) is 0 Å². The fraction of sp³-hybridized carbons (Fsp3) is 0.625. The molecule has 0 saturated heterocycles. The Hall–Kier alpha value is -0.280. The average Bonchev–Trinajstić information content (AvgIpc) is 2.33. The first-order valence-corrected chi connectivity index (χ1v) is 8.54. The van der Waals surface area contributed by atoms with Gasteiger partial charge in [0.1, 0.15) is 5.82 Å². The third-order valence-corrected chi connectivity index (χ3v) is 4.87. The predicted molar refractivity (Wildman–Crippen MR) is 87.9 cm³/mol. The highest BCUT2D eigenvalue weighted by Gasteiger charge is 2.23. The lowest BCUT2D eigenvalue weighted by molar-refractivity contribution is 0.289. The molecule has 0 radical (unpaired) electrons. The van der Waals surface area contributed by atoms with E-state index in [1.165, 1.54) is 37.8 Å². The maximum Gasteiger partial charge on any atom is 0.125 e. The second-order valence-electron chi connectivity index (χ2n) is 6.25. The molecule has 1 nitrogen and oxygen atoms in total. The zero-order chi connectivity index (χ0) is 14.7. The summed E-state index contributed by atoms with van der Waals surface area (Å²) in [5, 5.41) is 3.95. The van der Waals surface area contributed by atoms with Crippen molar-refractivity contribution in [3.8, 4) is 0 Å². The van der Waals surface area contributed by atoms with Crippen molar-refractivity contribution >= 4 is 33.2 Å². The van der Waals surface area contributed by atoms with Gasteiger partial charge >= 0.3 is 0 Å². The maximum absolute atomic E-state index is 13.3.